The molecule has 0 aliphatic heterocycles. The molecular weight excluding hydrogens is 263 g/mol. The zero-order valence-electron chi connectivity index (χ0n) is 10.9. The van der Waals surface area contributed by atoms with Crippen molar-refractivity contribution in [2.24, 2.45) is 0 Å². The van der Waals surface area contributed by atoms with E-state index in [1.165, 1.54) is 18.2 Å². The van der Waals surface area contributed by atoms with Gasteiger partial charge in [-0.15, -0.1) is 0 Å². The number of hydrogen-bond donors (Lipinski definition) is 1. The van der Waals surface area contributed by atoms with Gasteiger partial charge in [0.25, 0.3) is 0 Å². The molecule has 0 saturated carbocycles. The average molecular weight is 276 g/mol. The molecule has 1 rings (SSSR count). The van der Waals surface area contributed by atoms with Gasteiger partial charge in [-0.05, 0) is 31.2 Å². The van der Waals surface area contributed by atoms with Crippen molar-refractivity contribution < 1.29 is 23.8 Å². The van der Waals surface area contributed by atoms with Crippen molar-refractivity contribution in [3.63, 3.8) is 0 Å². The molecule has 0 aliphatic rings. The number of carbonyl (C=O) groups is 2. The Morgan fingerprint density at radius 2 is 2.20 bits per heavy atom. The number of ether oxygens (including phenoxy) is 1. The SMILES string of the molecule is CCOC(=O)CC#Cc1ccc(F)c(/C=C/C(=O)O)c1. The maximum Gasteiger partial charge on any atom is 0.328 e. The number of carbonyl (C=O) groups excluding carboxylic acids is 1. The second-order valence-corrected chi connectivity index (χ2v) is 3.69. The fourth-order valence-corrected chi connectivity index (χ4v) is 1.34. The van der Waals surface area contributed by atoms with E-state index in [1.807, 2.05) is 0 Å². The van der Waals surface area contributed by atoms with Crippen LogP contribution in [0, 0.1) is 17.7 Å². The smallest absolute Gasteiger partial charge is 0.328 e. The van der Waals surface area contributed by atoms with E-state index < -0.39 is 17.8 Å². The van der Waals surface area contributed by atoms with Crippen molar-refractivity contribution in [3.8, 4) is 11.8 Å². The number of benzene rings is 1. The molecule has 0 unspecified atom stereocenters. The summed E-state index contributed by atoms with van der Waals surface area (Å²) in [5.41, 5.74) is 0.607. The molecule has 1 N–H and O–H groups in total. The number of aliphatic carboxylic acids is 1. The first kappa shape index (κ1) is 15.4. The Balaban J connectivity index is 2.82. The monoisotopic (exact) mass is 276 g/mol. The zero-order chi connectivity index (χ0) is 15.0. The van der Waals surface area contributed by atoms with E-state index in [2.05, 4.69) is 11.8 Å². The summed E-state index contributed by atoms with van der Waals surface area (Å²) in [6.07, 6.45) is 1.94. The Morgan fingerprint density at radius 1 is 1.45 bits per heavy atom. The maximum absolute atomic E-state index is 13.4. The van der Waals surface area contributed by atoms with E-state index in [4.69, 9.17) is 9.84 Å². The summed E-state index contributed by atoms with van der Waals surface area (Å²) in [4.78, 5) is 21.5. The average Bonchev–Trinajstić information content (AvgIpc) is 2.39. The normalized spacial score (nSPS) is 9.90. The van der Waals surface area contributed by atoms with Crippen LogP contribution in [0.4, 0.5) is 4.39 Å². The van der Waals surface area contributed by atoms with Crippen molar-refractivity contribution in [1.29, 1.82) is 0 Å². The molecule has 0 atom stereocenters. The van der Waals surface area contributed by atoms with Crippen LogP contribution in [0.3, 0.4) is 0 Å². The highest BCUT2D eigenvalue weighted by molar-refractivity contribution is 5.85. The Labute approximate surface area is 115 Å². The Kier molecular flexibility index (Phi) is 5.98. The minimum Gasteiger partial charge on any atom is -0.478 e. The summed E-state index contributed by atoms with van der Waals surface area (Å²) >= 11 is 0. The number of rotatable bonds is 4. The van der Waals surface area contributed by atoms with Gasteiger partial charge >= 0.3 is 11.9 Å². The topological polar surface area (TPSA) is 63.6 Å². The van der Waals surface area contributed by atoms with Crippen molar-refractivity contribution in [1.82, 2.24) is 0 Å². The van der Waals surface area contributed by atoms with Crippen molar-refractivity contribution in [2.75, 3.05) is 6.61 Å². The third-order valence-electron chi connectivity index (χ3n) is 2.17. The van der Waals surface area contributed by atoms with Gasteiger partial charge in [-0.3, -0.25) is 4.79 Å². The molecule has 0 spiro atoms. The van der Waals surface area contributed by atoms with Crippen LogP contribution in [0.15, 0.2) is 24.3 Å². The number of esters is 1. The highest BCUT2D eigenvalue weighted by Crippen LogP contribution is 2.11. The number of hydrogen-bond acceptors (Lipinski definition) is 3. The number of halogens is 1. The molecule has 0 radical (unpaired) electrons. The third kappa shape index (κ3) is 5.36. The highest BCUT2D eigenvalue weighted by Gasteiger charge is 2.01. The van der Waals surface area contributed by atoms with Gasteiger partial charge in [-0.1, -0.05) is 11.8 Å². The molecule has 1 aromatic rings. The van der Waals surface area contributed by atoms with Crippen molar-refractivity contribution in [2.45, 2.75) is 13.3 Å². The molecule has 20 heavy (non-hydrogen) atoms. The fourth-order valence-electron chi connectivity index (χ4n) is 1.34. The highest BCUT2D eigenvalue weighted by atomic mass is 19.1. The molecular formula is C15H13FO4. The van der Waals surface area contributed by atoms with E-state index in [9.17, 15) is 14.0 Å². The van der Waals surface area contributed by atoms with Gasteiger partial charge in [0.15, 0.2) is 0 Å². The largest absolute Gasteiger partial charge is 0.478 e. The van der Waals surface area contributed by atoms with Crippen molar-refractivity contribution in [3.05, 3.63) is 41.2 Å². The summed E-state index contributed by atoms with van der Waals surface area (Å²) in [6.45, 7) is 1.99. The van der Waals surface area contributed by atoms with E-state index in [1.54, 1.807) is 6.92 Å². The van der Waals surface area contributed by atoms with Crippen LogP contribution < -0.4 is 0 Å². The van der Waals surface area contributed by atoms with Crippen LogP contribution in [-0.2, 0) is 14.3 Å². The predicted molar refractivity (Wildman–Crippen MR) is 71.2 cm³/mol. The molecule has 4 nitrogen and oxygen atoms in total. The van der Waals surface area contributed by atoms with Crippen LogP contribution in [0.25, 0.3) is 6.08 Å². The molecule has 1 aromatic carbocycles. The molecule has 0 saturated heterocycles. The van der Waals surface area contributed by atoms with Crippen LogP contribution >= 0.6 is 0 Å². The van der Waals surface area contributed by atoms with Crippen molar-refractivity contribution >= 4 is 18.0 Å². The number of carboxylic acids is 1. The fraction of sp³-hybridized carbons (Fsp3) is 0.200. The Morgan fingerprint density at radius 3 is 2.85 bits per heavy atom. The zero-order valence-corrected chi connectivity index (χ0v) is 10.9. The molecule has 0 amide bonds. The first-order valence-corrected chi connectivity index (χ1v) is 5.88. The second-order valence-electron chi connectivity index (χ2n) is 3.69. The Hall–Kier alpha value is -2.61. The standard InChI is InChI=1S/C15H13FO4/c1-2-20-15(19)5-3-4-11-6-8-13(16)12(10-11)7-9-14(17)18/h6-10H,2,5H2,1H3,(H,17,18)/b9-7+. The lowest BCUT2D eigenvalue weighted by Gasteiger charge is -1.98. The lowest BCUT2D eigenvalue weighted by atomic mass is 10.1. The minimum absolute atomic E-state index is 0.0501. The quantitative estimate of drug-likeness (QED) is 0.520. The van der Waals surface area contributed by atoms with E-state index in [-0.39, 0.29) is 12.0 Å². The molecule has 0 heterocycles. The van der Waals surface area contributed by atoms with E-state index in [0.29, 0.717) is 12.2 Å². The molecule has 0 bridgehead atoms. The third-order valence-corrected chi connectivity index (χ3v) is 2.17. The minimum atomic E-state index is -1.16. The van der Waals surface area contributed by atoms with Crippen LogP contribution in [0.2, 0.25) is 0 Å². The van der Waals surface area contributed by atoms with Gasteiger partial charge in [-0.2, -0.15) is 0 Å². The van der Waals surface area contributed by atoms with Gasteiger partial charge in [0.2, 0.25) is 0 Å². The molecule has 0 aliphatic carbocycles. The second kappa shape index (κ2) is 7.74. The summed E-state index contributed by atoms with van der Waals surface area (Å²) in [5.74, 6) is 3.17. The molecule has 5 heteroatoms. The summed E-state index contributed by atoms with van der Waals surface area (Å²) in [7, 11) is 0. The van der Waals surface area contributed by atoms with Crippen LogP contribution in [-0.4, -0.2) is 23.7 Å². The first-order chi connectivity index (χ1) is 9.52. The van der Waals surface area contributed by atoms with Gasteiger partial charge < -0.3 is 9.84 Å². The Bertz CT molecular complexity index is 594. The molecule has 0 aromatic heterocycles. The van der Waals surface area contributed by atoms with Gasteiger partial charge in [0.1, 0.15) is 12.2 Å². The first-order valence-electron chi connectivity index (χ1n) is 5.88. The lowest BCUT2D eigenvalue weighted by molar-refractivity contribution is -0.141. The van der Waals surface area contributed by atoms with Gasteiger partial charge in [0, 0.05) is 17.2 Å². The summed E-state index contributed by atoms with van der Waals surface area (Å²) in [6, 6.07) is 4.05. The van der Waals surface area contributed by atoms with Gasteiger partial charge in [-0.25, -0.2) is 9.18 Å². The predicted octanol–water partition coefficient (Wildman–Crippen LogP) is 2.23. The van der Waals surface area contributed by atoms with Crippen LogP contribution in [0.5, 0.6) is 0 Å². The summed E-state index contributed by atoms with van der Waals surface area (Å²) in [5, 5.41) is 8.50. The maximum atomic E-state index is 13.4. The van der Waals surface area contributed by atoms with E-state index in [0.717, 1.165) is 12.2 Å². The van der Waals surface area contributed by atoms with E-state index >= 15 is 0 Å². The summed E-state index contributed by atoms with van der Waals surface area (Å²) < 4.78 is 18.1. The molecule has 104 valence electrons. The van der Waals surface area contributed by atoms with Gasteiger partial charge in [0.05, 0.1) is 6.61 Å². The number of carboxylic acid groups (broad SMARTS) is 1. The lowest BCUT2D eigenvalue weighted by Crippen LogP contribution is -2.01. The molecule has 0 fully saturated rings. The van der Waals surface area contributed by atoms with Crippen LogP contribution in [0.1, 0.15) is 24.5 Å².